The highest BCUT2D eigenvalue weighted by atomic mass is 19.1. The summed E-state index contributed by atoms with van der Waals surface area (Å²) in [5, 5.41) is 2.70. The number of ether oxygens (including phenoxy) is 2. The molecule has 0 saturated carbocycles. The first-order valence-corrected chi connectivity index (χ1v) is 9.09. The zero-order valence-corrected chi connectivity index (χ0v) is 15.4. The molecule has 2 aliphatic heterocycles. The van der Waals surface area contributed by atoms with Gasteiger partial charge in [0.25, 0.3) is 5.91 Å². The minimum Gasteiger partial charge on any atom is -0.347 e. The number of carbonyl (C=O) groups excluding carboxylic acids is 1. The number of anilines is 2. The van der Waals surface area contributed by atoms with E-state index in [0.717, 1.165) is 12.1 Å². The summed E-state index contributed by atoms with van der Waals surface area (Å²) in [6.07, 6.45) is 1.21. The Balaban J connectivity index is 1.49. The number of rotatable bonds is 3. The van der Waals surface area contributed by atoms with E-state index in [1.165, 1.54) is 6.07 Å². The standard InChI is InChI=1S/C19H20F2N4O3/c1-12-10-16(17(26)25-6-4-19(5-7-25)27-8-9-28-19)24-18(22-12)23-15-3-2-13(20)11-14(15)21/h2-3,10-11H,4-9H2,1H3,(H,22,23,24). The summed E-state index contributed by atoms with van der Waals surface area (Å²) in [6, 6.07) is 4.73. The summed E-state index contributed by atoms with van der Waals surface area (Å²) >= 11 is 0. The van der Waals surface area contributed by atoms with Gasteiger partial charge in [0.15, 0.2) is 5.79 Å². The highest BCUT2D eigenvalue weighted by Crippen LogP contribution is 2.31. The molecule has 1 amide bonds. The highest BCUT2D eigenvalue weighted by Gasteiger charge is 2.41. The Hall–Kier alpha value is -2.65. The summed E-state index contributed by atoms with van der Waals surface area (Å²) in [5.41, 5.74) is 0.793. The van der Waals surface area contributed by atoms with E-state index in [2.05, 4.69) is 15.3 Å². The van der Waals surface area contributed by atoms with Crippen molar-refractivity contribution in [3.8, 4) is 0 Å². The first-order valence-electron chi connectivity index (χ1n) is 9.09. The number of likely N-dealkylation sites (tertiary alicyclic amines) is 1. The van der Waals surface area contributed by atoms with Gasteiger partial charge in [-0.05, 0) is 25.1 Å². The van der Waals surface area contributed by atoms with Crippen molar-refractivity contribution in [2.75, 3.05) is 31.6 Å². The maximum Gasteiger partial charge on any atom is 0.272 e. The van der Waals surface area contributed by atoms with Crippen LogP contribution < -0.4 is 5.32 Å². The number of nitrogens with zero attached hydrogens (tertiary/aromatic N) is 3. The van der Waals surface area contributed by atoms with Crippen LogP contribution in [-0.4, -0.2) is 52.9 Å². The smallest absolute Gasteiger partial charge is 0.272 e. The fourth-order valence-electron chi connectivity index (χ4n) is 3.44. The van der Waals surface area contributed by atoms with Crippen LogP contribution in [-0.2, 0) is 9.47 Å². The van der Waals surface area contributed by atoms with Gasteiger partial charge < -0.3 is 19.7 Å². The molecule has 7 nitrogen and oxygen atoms in total. The lowest BCUT2D eigenvalue weighted by Gasteiger charge is -2.37. The number of aryl methyl sites for hydroxylation is 1. The Morgan fingerprint density at radius 2 is 1.86 bits per heavy atom. The van der Waals surface area contributed by atoms with Crippen LogP contribution in [0, 0.1) is 18.6 Å². The van der Waals surface area contributed by atoms with Gasteiger partial charge in [-0.1, -0.05) is 0 Å². The molecule has 2 fully saturated rings. The van der Waals surface area contributed by atoms with Crippen LogP contribution in [0.25, 0.3) is 0 Å². The van der Waals surface area contributed by atoms with E-state index >= 15 is 0 Å². The Kier molecular flexibility index (Phi) is 4.94. The molecule has 0 atom stereocenters. The van der Waals surface area contributed by atoms with Gasteiger partial charge in [-0.25, -0.2) is 18.7 Å². The molecule has 2 saturated heterocycles. The molecule has 1 N–H and O–H groups in total. The van der Waals surface area contributed by atoms with Gasteiger partial charge in [-0.15, -0.1) is 0 Å². The monoisotopic (exact) mass is 390 g/mol. The van der Waals surface area contributed by atoms with E-state index < -0.39 is 17.4 Å². The SMILES string of the molecule is Cc1cc(C(=O)N2CCC3(CC2)OCCO3)nc(Nc2ccc(F)cc2F)n1. The summed E-state index contributed by atoms with van der Waals surface area (Å²) in [6.45, 7) is 3.87. The summed E-state index contributed by atoms with van der Waals surface area (Å²) < 4.78 is 38.3. The minimum atomic E-state index is -0.768. The fraction of sp³-hybridized carbons (Fsp3) is 0.421. The Bertz CT molecular complexity index is 893. The van der Waals surface area contributed by atoms with Gasteiger partial charge in [0, 0.05) is 37.7 Å². The van der Waals surface area contributed by atoms with Crippen molar-refractivity contribution in [2.24, 2.45) is 0 Å². The van der Waals surface area contributed by atoms with Crippen molar-refractivity contribution < 1.29 is 23.0 Å². The van der Waals surface area contributed by atoms with Crippen LogP contribution in [0.3, 0.4) is 0 Å². The van der Waals surface area contributed by atoms with E-state index in [1.54, 1.807) is 17.9 Å². The molecule has 3 heterocycles. The van der Waals surface area contributed by atoms with Crippen molar-refractivity contribution in [3.63, 3.8) is 0 Å². The average Bonchev–Trinajstić information content (AvgIpc) is 3.12. The number of halogens is 2. The molecular weight excluding hydrogens is 370 g/mol. The number of amides is 1. The van der Waals surface area contributed by atoms with E-state index in [1.807, 2.05) is 0 Å². The average molecular weight is 390 g/mol. The molecule has 0 unspecified atom stereocenters. The lowest BCUT2D eigenvalue weighted by atomic mass is 10.0. The van der Waals surface area contributed by atoms with Crippen LogP contribution in [0.4, 0.5) is 20.4 Å². The van der Waals surface area contributed by atoms with Crippen LogP contribution >= 0.6 is 0 Å². The van der Waals surface area contributed by atoms with Gasteiger partial charge in [-0.2, -0.15) is 0 Å². The Labute approximate surface area is 160 Å². The lowest BCUT2D eigenvalue weighted by molar-refractivity contribution is -0.181. The highest BCUT2D eigenvalue weighted by molar-refractivity contribution is 5.92. The molecule has 0 radical (unpaired) electrons. The van der Waals surface area contributed by atoms with Gasteiger partial charge >= 0.3 is 0 Å². The summed E-state index contributed by atoms with van der Waals surface area (Å²) in [5.74, 6) is -2.17. The van der Waals surface area contributed by atoms with E-state index in [0.29, 0.717) is 44.8 Å². The Morgan fingerprint density at radius 1 is 1.14 bits per heavy atom. The summed E-state index contributed by atoms with van der Waals surface area (Å²) in [7, 11) is 0. The molecule has 9 heteroatoms. The van der Waals surface area contributed by atoms with Crippen LogP contribution in [0.5, 0.6) is 0 Å². The van der Waals surface area contributed by atoms with Crippen LogP contribution in [0.1, 0.15) is 29.0 Å². The van der Waals surface area contributed by atoms with Crippen LogP contribution in [0.15, 0.2) is 24.3 Å². The van der Waals surface area contributed by atoms with Crippen molar-refractivity contribution >= 4 is 17.5 Å². The Morgan fingerprint density at radius 3 is 2.54 bits per heavy atom. The quantitative estimate of drug-likeness (QED) is 0.869. The maximum absolute atomic E-state index is 13.9. The predicted octanol–water partition coefficient (Wildman–Crippen LogP) is 2.79. The number of nitrogens with one attached hydrogen (secondary N) is 1. The van der Waals surface area contributed by atoms with Crippen molar-refractivity contribution in [1.29, 1.82) is 0 Å². The molecule has 0 bridgehead atoms. The van der Waals surface area contributed by atoms with Crippen molar-refractivity contribution in [1.82, 2.24) is 14.9 Å². The molecular formula is C19H20F2N4O3. The summed E-state index contributed by atoms with van der Waals surface area (Å²) in [4.78, 5) is 23.0. The van der Waals surface area contributed by atoms with Gasteiger partial charge in [0.2, 0.25) is 5.95 Å². The molecule has 148 valence electrons. The number of piperidine rings is 1. The third-order valence-electron chi connectivity index (χ3n) is 4.88. The second-order valence-electron chi connectivity index (χ2n) is 6.87. The lowest BCUT2D eigenvalue weighted by Crippen LogP contribution is -2.47. The second kappa shape index (κ2) is 7.40. The van der Waals surface area contributed by atoms with E-state index in [9.17, 15) is 13.6 Å². The number of hydrogen-bond donors (Lipinski definition) is 1. The number of hydrogen-bond acceptors (Lipinski definition) is 6. The van der Waals surface area contributed by atoms with Gasteiger partial charge in [0.1, 0.15) is 17.3 Å². The fourth-order valence-corrected chi connectivity index (χ4v) is 3.44. The number of carbonyl (C=O) groups is 1. The topological polar surface area (TPSA) is 76.6 Å². The van der Waals surface area contributed by atoms with Gasteiger partial charge in [-0.3, -0.25) is 4.79 Å². The maximum atomic E-state index is 13.9. The third-order valence-corrected chi connectivity index (χ3v) is 4.88. The first-order chi connectivity index (χ1) is 13.4. The zero-order chi connectivity index (χ0) is 19.7. The largest absolute Gasteiger partial charge is 0.347 e. The molecule has 1 aromatic carbocycles. The normalized spacial score (nSPS) is 18.5. The second-order valence-corrected chi connectivity index (χ2v) is 6.87. The molecule has 1 spiro atoms. The van der Waals surface area contributed by atoms with E-state index in [-0.39, 0.29) is 23.2 Å². The van der Waals surface area contributed by atoms with Crippen molar-refractivity contribution in [2.45, 2.75) is 25.6 Å². The van der Waals surface area contributed by atoms with Gasteiger partial charge in [0.05, 0.1) is 18.9 Å². The molecule has 1 aromatic heterocycles. The number of benzene rings is 1. The van der Waals surface area contributed by atoms with E-state index in [4.69, 9.17) is 9.47 Å². The minimum absolute atomic E-state index is 0.0286. The molecule has 28 heavy (non-hydrogen) atoms. The molecule has 2 aromatic rings. The molecule has 4 rings (SSSR count). The zero-order valence-electron chi connectivity index (χ0n) is 15.4. The number of aromatic nitrogens is 2. The van der Waals surface area contributed by atoms with Crippen LogP contribution in [0.2, 0.25) is 0 Å². The molecule has 0 aliphatic carbocycles. The molecule has 2 aliphatic rings. The first kappa shape index (κ1) is 18.7. The van der Waals surface area contributed by atoms with Crippen molar-refractivity contribution in [3.05, 3.63) is 47.3 Å². The third kappa shape index (κ3) is 3.81. The predicted molar refractivity (Wildman–Crippen MR) is 96.2 cm³/mol.